The molecule has 3 heterocycles. The molecule has 0 bridgehead atoms. The highest BCUT2D eigenvalue weighted by Crippen LogP contribution is 2.39. The molecule has 4 aromatic rings. The summed E-state index contributed by atoms with van der Waals surface area (Å²) >= 11 is 0. The van der Waals surface area contributed by atoms with Crippen molar-refractivity contribution in [2.24, 2.45) is 0 Å². The van der Waals surface area contributed by atoms with Gasteiger partial charge in [-0.05, 0) is 60.2 Å². The molecule has 2 aliphatic rings. The van der Waals surface area contributed by atoms with Gasteiger partial charge in [-0.3, -0.25) is 5.41 Å². The fourth-order valence-corrected chi connectivity index (χ4v) is 5.23. The first-order chi connectivity index (χ1) is 16.9. The van der Waals surface area contributed by atoms with Gasteiger partial charge in [0.15, 0.2) is 0 Å². The molecule has 0 radical (unpaired) electrons. The van der Waals surface area contributed by atoms with Crippen molar-refractivity contribution < 1.29 is 18.6 Å². The van der Waals surface area contributed by atoms with Crippen molar-refractivity contribution in [2.75, 3.05) is 20.1 Å². The first kappa shape index (κ1) is 21.8. The van der Waals surface area contributed by atoms with Gasteiger partial charge in [-0.15, -0.1) is 0 Å². The van der Waals surface area contributed by atoms with E-state index in [0.717, 1.165) is 22.2 Å². The number of fused-ring (bicyclic) bond motifs is 3. The maximum absolute atomic E-state index is 14.7. The molecule has 1 saturated heterocycles. The van der Waals surface area contributed by atoms with Gasteiger partial charge in [0.1, 0.15) is 24.0 Å². The highest BCUT2D eigenvalue weighted by Gasteiger charge is 2.32. The summed E-state index contributed by atoms with van der Waals surface area (Å²) in [5, 5.41) is 19.0. The van der Waals surface area contributed by atoms with Crippen molar-refractivity contribution in [2.45, 2.75) is 18.8 Å². The van der Waals surface area contributed by atoms with Crippen molar-refractivity contribution >= 4 is 22.7 Å². The Morgan fingerprint density at radius 3 is 2.74 bits per heavy atom. The number of hydrogen-bond acceptors (Lipinski definition) is 4. The van der Waals surface area contributed by atoms with Crippen molar-refractivity contribution in [3.05, 3.63) is 94.1 Å². The van der Waals surface area contributed by atoms with Crippen LogP contribution >= 0.6 is 0 Å². The third-order valence-electron chi connectivity index (χ3n) is 6.87. The molecule has 3 aromatic carbocycles. The Hall–Kier alpha value is -3.75. The van der Waals surface area contributed by atoms with Gasteiger partial charge >= 0.3 is 0 Å². The number of H-pyrrole nitrogens is 1. The van der Waals surface area contributed by atoms with Gasteiger partial charge in [0.25, 0.3) is 0 Å². The van der Waals surface area contributed by atoms with E-state index in [-0.39, 0.29) is 24.1 Å². The van der Waals surface area contributed by atoms with E-state index in [2.05, 4.69) is 4.98 Å². The average molecular weight is 475 g/mol. The van der Waals surface area contributed by atoms with Crippen LogP contribution < -0.4 is 10.4 Å². The van der Waals surface area contributed by atoms with E-state index >= 15 is 0 Å². The SMILES string of the molecule is CN1C[C@@H](n2c(=N)[nH]c3cc(/C=C4/c5ccc(F)cc5OCc5c(F)cccc54)ccc32)[C@@H](O)C1. The second-order valence-corrected chi connectivity index (χ2v) is 9.23. The van der Waals surface area contributed by atoms with Gasteiger partial charge in [-0.1, -0.05) is 18.2 Å². The molecular weight excluding hydrogens is 450 g/mol. The number of ether oxygens (including phenoxy) is 1. The molecule has 8 heteroatoms. The third kappa shape index (κ3) is 3.66. The third-order valence-corrected chi connectivity index (χ3v) is 6.87. The van der Waals surface area contributed by atoms with Crippen LogP contribution in [0.2, 0.25) is 0 Å². The molecule has 1 aromatic heterocycles. The number of benzene rings is 3. The Morgan fingerprint density at radius 1 is 1.09 bits per heavy atom. The highest BCUT2D eigenvalue weighted by molar-refractivity contribution is 5.95. The lowest BCUT2D eigenvalue weighted by molar-refractivity contribution is 0.146. The summed E-state index contributed by atoms with van der Waals surface area (Å²) in [4.78, 5) is 5.17. The number of aliphatic hydroxyl groups excluding tert-OH is 1. The Bertz CT molecular complexity index is 1550. The van der Waals surface area contributed by atoms with Crippen LogP contribution in [0, 0.1) is 17.0 Å². The molecule has 3 N–H and O–H groups in total. The molecule has 2 atom stereocenters. The number of aromatic nitrogens is 2. The Balaban J connectivity index is 1.50. The summed E-state index contributed by atoms with van der Waals surface area (Å²) in [6.07, 6.45) is 1.38. The molecule has 6 rings (SSSR count). The van der Waals surface area contributed by atoms with Crippen molar-refractivity contribution in [3.8, 4) is 5.75 Å². The molecule has 0 aliphatic carbocycles. The maximum Gasteiger partial charge on any atom is 0.200 e. The summed E-state index contributed by atoms with van der Waals surface area (Å²) < 4.78 is 36.3. The van der Waals surface area contributed by atoms with E-state index in [1.54, 1.807) is 12.1 Å². The minimum atomic E-state index is -0.552. The molecule has 0 spiro atoms. The number of halogens is 2. The van der Waals surface area contributed by atoms with E-state index in [1.807, 2.05) is 46.9 Å². The Labute approximate surface area is 200 Å². The van der Waals surface area contributed by atoms with E-state index in [1.165, 1.54) is 18.2 Å². The van der Waals surface area contributed by atoms with Crippen LogP contribution in [-0.2, 0) is 6.61 Å². The second-order valence-electron chi connectivity index (χ2n) is 9.23. The van der Waals surface area contributed by atoms with Crippen LogP contribution in [0.25, 0.3) is 22.7 Å². The molecule has 1 fully saturated rings. The smallest absolute Gasteiger partial charge is 0.200 e. The fourth-order valence-electron chi connectivity index (χ4n) is 5.23. The summed E-state index contributed by atoms with van der Waals surface area (Å²) in [5.74, 6) is -0.436. The largest absolute Gasteiger partial charge is 0.488 e. The minimum Gasteiger partial charge on any atom is -0.488 e. The summed E-state index contributed by atoms with van der Waals surface area (Å²) in [7, 11) is 1.95. The van der Waals surface area contributed by atoms with Crippen LogP contribution in [-0.4, -0.2) is 45.8 Å². The van der Waals surface area contributed by atoms with Gasteiger partial charge in [0, 0.05) is 30.3 Å². The summed E-state index contributed by atoms with van der Waals surface area (Å²) in [6.45, 7) is 1.23. The number of likely N-dealkylation sites (N-methyl/N-ethyl adjacent to an activating group) is 1. The molecular formula is C27H24F2N4O2. The molecule has 2 aliphatic heterocycles. The van der Waals surface area contributed by atoms with E-state index in [9.17, 15) is 13.9 Å². The van der Waals surface area contributed by atoms with E-state index in [4.69, 9.17) is 10.1 Å². The van der Waals surface area contributed by atoms with Gasteiger partial charge in [0.2, 0.25) is 5.62 Å². The minimum absolute atomic E-state index is 0.00578. The zero-order chi connectivity index (χ0) is 24.3. The molecule has 178 valence electrons. The van der Waals surface area contributed by atoms with Crippen LogP contribution in [0.4, 0.5) is 8.78 Å². The summed E-state index contributed by atoms with van der Waals surface area (Å²) in [5.41, 5.74) is 5.15. The Kier molecular flexibility index (Phi) is 5.09. The number of aromatic amines is 1. The number of nitrogens with one attached hydrogen (secondary N) is 2. The average Bonchev–Trinajstić information content (AvgIpc) is 3.27. The summed E-state index contributed by atoms with van der Waals surface area (Å²) in [6, 6.07) is 14.8. The van der Waals surface area contributed by atoms with E-state index in [0.29, 0.717) is 35.5 Å². The predicted molar refractivity (Wildman–Crippen MR) is 129 cm³/mol. The first-order valence-corrected chi connectivity index (χ1v) is 11.5. The molecule has 35 heavy (non-hydrogen) atoms. The number of nitrogens with zero attached hydrogens (tertiary/aromatic N) is 2. The van der Waals surface area contributed by atoms with Gasteiger partial charge in [0.05, 0.1) is 23.2 Å². The normalized spacial score (nSPS) is 21.1. The lowest BCUT2D eigenvalue weighted by Gasteiger charge is -2.16. The van der Waals surface area contributed by atoms with Crippen molar-refractivity contribution in [1.82, 2.24) is 14.5 Å². The molecule has 0 unspecified atom stereocenters. The monoisotopic (exact) mass is 474 g/mol. The lowest BCUT2D eigenvalue weighted by Crippen LogP contribution is -2.30. The molecule has 0 saturated carbocycles. The molecule has 6 nitrogen and oxygen atoms in total. The topological polar surface area (TPSA) is 77.3 Å². The zero-order valence-corrected chi connectivity index (χ0v) is 19.1. The van der Waals surface area contributed by atoms with E-state index < -0.39 is 11.9 Å². The lowest BCUT2D eigenvalue weighted by atomic mass is 9.92. The number of rotatable bonds is 2. The fraction of sp³-hybridized carbons (Fsp3) is 0.222. The van der Waals surface area contributed by atoms with Crippen molar-refractivity contribution in [3.63, 3.8) is 0 Å². The van der Waals surface area contributed by atoms with Gasteiger partial charge in [-0.25, -0.2) is 8.78 Å². The number of aliphatic hydroxyl groups is 1. The quantitative estimate of drug-likeness (QED) is 0.410. The predicted octanol–water partition coefficient (Wildman–Crippen LogP) is 4.06. The van der Waals surface area contributed by atoms with Crippen LogP contribution in [0.15, 0.2) is 54.6 Å². The van der Waals surface area contributed by atoms with Crippen LogP contribution in [0.1, 0.15) is 28.3 Å². The van der Waals surface area contributed by atoms with Gasteiger partial charge < -0.3 is 24.3 Å². The first-order valence-electron chi connectivity index (χ1n) is 11.5. The second kappa shape index (κ2) is 8.18. The highest BCUT2D eigenvalue weighted by atomic mass is 19.1. The molecule has 0 amide bonds. The number of likely N-dealkylation sites (tertiary alicyclic amines) is 1. The zero-order valence-electron chi connectivity index (χ0n) is 19.1. The van der Waals surface area contributed by atoms with Gasteiger partial charge in [-0.2, -0.15) is 0 Å². The number of β-amino-alcohol motifs (C(OH)–C–C–N with tert-alkyl or cyclic N) is 1. The van der Waals surface area contributed by atoms with Crippen LogP contribution in [0.3, 0.4) is 0 Å². The standard InChI is InChI=1S/C27H24F2N4O2/c1-32-12-24(25(34)13-32)33-23-8-5-15(10-22(23)31-27(33)30)9-19-17-3-2-4-21(29)20(17)14-35-26-11-16(28)6-7-18(19)26/h2-11,24-25,34H,12-14H2,1H3,(H2,30,31)/b19-9+/t24-,25+/m1/s1. The Morgan fingerprint density at radius 2 is 1.94 bits per heavy atom. The number of imidazole rings is 1. The number of hydrogen-bond donors (Lipinski definition) is 3. The van der Waals surface area contributed by atoms with Crippen molar-refractivity contribution in [1.29, 1.82) is 5.41 Å². The maximum atomic E-state index is 14.7. The van der Waals surface area contributed by atoms with Crippen LogP contribution in [0.5, 0.6) is 5.75 Å².